The molecule has 1 aromatic carbocycles. The van der Waals surface area contributed by atoms with E-state index in [9.17, 15) is 9.59 Å². The molecular formula is C16H19ClN2O2. The highest BCUT2D eigenvalue weighted by molar-refractivity contribution is 6.33. The third-order valence-corrected chi connectivity index (χ3v) is 4.86. The van der Waals surface area contributed by atoms with Crippen molar-refractivity contribution in [1.82, 2.24) is 4.90 Å². The van der Waals surface area contributed by atoms with Crippen LogP contribution in [0, 0.1) is 5.92 Å². The number of nitrogens with zero attached hydrogens (tertiary/aromatic N) is 2. The maximum atomic E-state index is 12.6. The first-order valence-electron chi connectivity index (χ1n) is 7.46. The second-order valence-corrected chi connectivity index (χ2v) is 6.18. The van der Waals surface area contributed by atoms with Crippen LogP contribution in [0.25, 0.3) is 0 Å². The lowest BCUT2D eigenvalue weighted by atomic mass is 9.84. The Morgan fingerprint density at radius 3 is 2.57 bits per heavy atom. The van der Waals surface area contributed by atoms with Gasteiger partial charge in [-0.15, -0.1) is 0 Å². The molecule has 5 heteroatoms. The lowest BCUT2D eigenvalue weighted by Gasteiger charge is -2.42. The van der Waals surface area contributed by atoms with Crippen LogP contribution in [-0.4, -0.2) is 35.8 Å². The van der Waals surface area contributed by atoms with Crippen LogP contribution in [0.2, 0.25) is 5.02 Å². The number of amides is 2. The van der Waals surface area contributed by atoms with E-state index in [4.69, 9.17) is 11.6 Å². The van der Waals surface area contributed by atoms with Crippen molar-refractivity contribution in [3.05, 3.63) is 29.3 Å². The summed E-state index contributed by atoms with van der Waals surface area (Å²) in [6.07, 6.45) is 3.05. The molecule has 2 aliphatic rings. The Balaban J connectivity index is 1.77. The summed E-state index contributed by atoms with van der Waals surface area (Å²) in [6, 6.07) is 6.92. The smallest absolute Gasteiger partial charge is 0.249 e. The van der Waals surface area contributed by atoms with Gasteiger partial charge >= 0.3 is 0 Å². The molecule has 1 saturated carbocycles. The van der Waals surface area contributed by atoms with E-state index in [0.29, 0.717) is 18.1 Å². The zero-order chi connectivity index (χ0) is 15.0. The summed E-state index contributed by atoms with van der Waals surface area (Å²) in [5.41, 5.74) is 0.728. The highest BCUT2D eigenvalue weighted by atomic mass is 35.5. The molecule has 112 valence electrons. The summed E-state index contributed by atoms with van der Waals surface area (Å²) < 4.78 is 0. The summed E-state index contributed by atoms with van der Waals surface area (Å²) in [5.74, 6) is 0.218. The second kappa shape index (κ2) is 5.68. The summed E-state index contributed by atoms with van der Waals surface area (Å²) in [7, 11) is 0. The Morgan fingerprint density at radius 2 is 1.95 bits per heavy atom. The number of rotatable bonds is 2. The van der Waals surface area contributed by atoms with Gasteiger partial charge in [-0.2, -0.15) is 0 Å². The van der Waals surface area contributed by atoms with Crippen LogP contribution in [-0.2, 0) is 9.59 Å². The minimum absolute atomic E-state index is 0.0537. The fourth-order valence-electron chi connectivity index (χ4n) is 2.97. The highest BCUT2D eigenvalue weighted by Crippen LogP contribution is 2.32. The Bertz CT molecular complexity index is 571. The molecular weight excluding hydrogens is 288 g/mol. The van der Waals surface area contributed by atoms with Crippen LogP contribution in [0.15, 0.2) is 24.3 Å². The zero-order valence-corrected chi connectivity index (χ0v) is 12.8. The Morgan fingerprint density at radius 1 is 1.24 bits per heavy atom. The lowest BCUT2D eigenvalue weighted by Crippen LogP contribution is -2.59. The Hall–Kier alpha value is -1.55. The number of hydrogen-bond donors (Lipinski definition) is 0. The number of benzene rings is 1. The van der Waals surface area contributed by atoms with Gasteiger partial charge in [0.2, 0.25) is 11.8 Å². The van der Waals surface area contributed by atoms with Gasteiger partial charge in [0.25, 0.3) is 0 Å². The number of carbonyl (C=O) groups excluding carboxylic acids is 2. The molecule has 1 heterocycles. The summed E-state index contributed by atoms with van der Waals surface area (Å²) in [4.78, 5) is 28.4. The molecule has 1 atom stereocenters. The molecule has 0 unspecified atom stereocenters. The summed E-state index contributed by atoms with van der Waals surface area (Å²) in [6.45, 7) is 2.89. The van der Waals surface area contributed by atoms with Crippen molar-refractivity contribution < 1.29 is 9.59 Å². The van der Waals surface area contributed by atoms with Crippen LogP contribution in [0.4, 0.5) is 5.69 Å². The van der Waals surface area contributed by atoms with E-state index in [-0.39, 0.29) is 17.7 Å². The van der Waals surface area contributed by atoms with E-state index in [1.807, 2.05) is 25.1 Å². The molecule has 0 radical (unpaired) electrons. The van der Waals surface area contributed by atoms with Crippen molar-refractivity contribution in [2.45, 2.75) is 32.2 Å². The average molecular weight is 307 g/mol. The number of hydrogen-bond acceptors (Lipinski definition) is 2. The van der Waals surface area contributed by atoms with Gasteiger partial charge in [0.1, 0.15) is 6.04 Å². The molecule has 4 nitrogen and oxygen atoms in total. The molecule has 3 rings (SSSR count). The molecule has 2 amide bonds. The molecule has 1 saturated heterocycles. The third kappa shape index (κ3) is 2.53. The maximum Gasteiger partial charge on any atom is 0.249 e. The molecule has 2 fully saturated rings. The van der Waals surface area contributed by atoms with Crippen LogP contribution in [0.5, 0.6) is 0 Å². The number of para-hydroxylation sites is 1. The second-order valence-electron chi connectivity index (χ2n) is 5.78. The normalized spacial score (nSPS) is 23.1. The first-order valence-corrected chi connectivity index (χ1v) is 7.84. The van der Waals surface area contributed by atoms with E-state index in [1.165, 1.54) is 0 Å². The van der Waals surface area contributed by atoms with Gasteiger partial charge in [-0.05, 0) is 31.9 Å². The van der Waals surface area contributed by atoms with E-state index in [0.717, 1.165) is 24.9 Å². The van der Waals surface area contributed by atoms with Crippen LogP contribution in [0.1, 0.15) is 26.2 Å². The van der Waals surface area contributed by atoms with Crippen molar-refractivity contribution in [3.8, 4) is 0 Å². The predicted molar refractivity (Wildman–Crippen MR) is 82.3 cm³/mol. The molecule has 1 aliphatic carbocycles. The first-order chi connectivity index (χ1) is 10.1. The fraction of sp³-hybridized carbons (Fsp3) is 0.500. The van der Waals surface area contributed by atoms with E-state index < -0.39 is 6.04 Å². The minimum atomic E-state index is -0.414. The van der Waals surface area contributed by atoms with Gasteiger partial charge < -0.3 is 9.80 Å². The monoisotopic (exact) mass is 306 g/mol. The van der Waals surface area contributed by atoms with Gasteiger partial charge in [0.05, 0.1) is 10.7 Å². The molecule has 1 aromatic rings. The zero-order valence-electron chi connectivity index (χ0n) is 12.1. The molecule has 0 bridgehead atoms. The van der Waals surface area contributed by atoms with Crippen molar-refractivity contribution >= 4 is 29.1 Å². The number of anilines is 1. The lowest BCUT2D eigenvalue weighted by molar-refractivity contribution is -0.146. The summed E-state index contributed by atoms with van der Waals surface area (Å²) in [5, 5.41) is 0.566. The van der Waals surface area contributed by atoms with Gasteiger partial charge in [0, 0.05) is 19.0 Å². The van der Waals surface area contributed by atoms with Crippen molar-refractivity contribution in [3.63, 3.8) is 0 Å². The number of carbonyl (C=O) groups is 2. The number of halogens is 1. The van der Waals surface area contributed by atoms with Crippen LogP contribution < -0.4 is 4.90 Å². The maximum absolute atomic E-state index is 12.6. The quantitative estimate of drug-likeness (QED) is 0.843. The number of piperazine rings is 1. The first kappa shape index (κ1) is 14.4. The van der Waals surface area contributed by atoms with E-state index in [2.05, 4.69) is 0 Å². The standard InChI is InChI=1S/C16H19ClN2O2/c1-11-15(20)19(14-8-3-2-7-13(14)17)10-9-18(11)16(21)12-5-4-6-12/h2-3,7-8,11-12H,4-6,9-10H2,1H3/t11-/m0/s1. The Kier molecular flexibility index (Phi) is 3.89. The van der Waals surface area contributed by atoms with Gasteiger partial charge in [0.15, 0.2) is 0 Å². The molecule has 0 aromatic heterocycles. The molecule has 1 aliphatic heterocycles. The van der Waals surface area contributed by atoms with Gasteiger partial charge in [-0.3, -0.25) is 9.59 Å². The largest absolute Gasteiger partial charge is 0.329 e. The summed E-state index contributed by atoms with van der Waals surface area (Å²) >= 11 is 6.18. The fourth-order valence-corrected chi connectivity index (χ4v) is 3.21. The highest BCUT2D eigenvalue weighted by Gasteiger charge is 2.39. The van der Waals surface area contributed by atoms with Gasteiger partial charge in [-0.1, -0.05) is 30.2 Å². The van der Waals surface area contributed by atoms with E-state index in [1.54, 1.807) is 15.9 Å². The molecule has 0 N–H and O–H groups in total. The van der Waals surface area contributed by atoms with Crippen molar-refractivity contribution in [1.29, 1.82) is 0 Å². The topological polar surface area (TPSA) is 40.6 Å². The molecule has 0 spiro atoms. The minimum Gasteiger partial charge on any atom is -0.329 e. The average Bonchev–Trinajstić information content (AvgIpc) is 2.41. The van der Waals surface area contributed by atoms with Crippen LogP contribution >= 0.6 is 11.6 Å². The van der Waals surface area contributed by atoms with E-state index >= 15 is 0 Å². The Labute approximate surface area is 129 Å². The molecule has 21 heavy (non-hydrogen) atoms. The third-order valence-electron chi connectivity index (χ3n) is 4.54. The van der Waals surface area contributed by atoms with Crippen LogP contribution in [0.3, 0.4) is 0 Å². The predicted octanol–water partition coefficient (Wildman–Crippen LogP) is 2.70. The van der Waals surface area contributed by atoms with Crippen molar-refractivity contribution in [2.24, 2.45) is 5.92 Å². The van der Waals surface area contributed by atoms with Crippen molar-refractivity contribution in [2.75, 3.05) is 18.0 Å². The van der Waals surface area contributed by atoms with Gasteiger partial charge in [-0.25, -0.2) is 0 Å². The SMILES string of the molecule is C[C@H]1C(=O)N(c2ccccc2Cl)CCN1C(=O)C1CCC1.